The topological polar surface area (TPSA) is 120 Å². The number of carbonyl (C=O) groups is 1. The number of amides is 1. The lowest BCUT2D eigenvalue weighted by Gasteiger charge is -2.15. The highest BCUT2D eigenvalue weighted by molar-refractivity contribution is 7.89. The first kappa shape index (κ1) is 14.0. The lowest BCUT2D eigenvalue weighted by molar-refractivity contribution is 0.0992. The average Bonchev–Trinajstić information content (AvgIpc) is 3.08. The van der Waals surface area contributed by atoms with E-state index < -0.39 is 15.9 Å². The minimum Gasteiger partial charge on any atom is -0.364 e. The number of aromatic nitrogens is 1. The van der Waals surface area contributed by atoms with Crippen molar-refractivity contribution in [3.05, 3.63) is 18.0 Å². The van der Waals surface area contributed by atoms with Crippen LogP contribution in [0.25, 0.3) is 0 Å². The second kappa shape index (κ2) is 4.95. The van der Waals surface area contributed by atoms with Gasteiger partial charge >= 0.3 is 0 Å². The van der Waals surface area contributed by atoms with E-state index >= 15 is 0 Å². The molecule has 8 heteroatoms. The van der Waals surface area contributed by atoms with Gasteiger partial charge in [-0.2, -0.15) is 0 Å². The number of aryl methyl sites for hydroxylation is 1. The number of carbonyl (C=O) groups excluding carboxylic acids is 1. The molecule has 1 unspecified atom stereocenters. The zero-order valence-corrected chi connectivity index (χ0v) is 11.5. The summed E-state index contributed by atoms with van der Waals surface area (Å²) in [5.41, 5.74) is 10.9. The Bertz CT molecular complexity index is 589. The lowest BCUT2D eigenvalue weighted by atomic mass is 10.2. The van der Waals surface area contributed by atoms with Crippen molar-refractivity contribution in [2.45, 2.75) is 23.8 Å². The summed E-state index contributed by atoms with van der Waals surface area (Å²) in [5, 5.41) is 0. The molecule has 106 valence electrons. The van der Waals surface area contributed by atoms with E-state index in [-0.39, 0.29) is 23.2 Å². The Kier molecular flexibility index (Phi) is 3.66. The van der Waals surface area contributed by atoms with Crippen LogP contribution in [-0.2, 0) is 17.1 Å². The van der Waals surface area contributed by atoms with Crippen LogP contribution in [0, 0.1) is 5.92 Å². The van der Waals surface area contributed by atoms with Gasteiger partial charge in [0.1, 0.15) is 10.6 Å². The number of hydrogen-bond donors (Lipinski definition) is 3. The Morgan fingerprint density at radius 2 is 2.21 bits per heavy atom. The molecule has 5 N–H and O–H groups in total. The van der Waals surface area contributed by atoms with Crippen molar-refractivity contribution in [2.24, 2.45) is 24.4 Å². The fourth-order valence-electron chi connectivity index (χ4n) is 2.03. The molecule has 1 atom stereocenters. The Morgan fingerprint density at radius 1 is 1.58 bits per heavy atom. The van der Waals surface area contributed by atoms with Crippen LogP contribution in [0.3, 0.4) is 0 Å². The van der Waals surface area contributed by atoms with Crippen LogP contribution in [-0.4, -0.2) is 31.5 Å². The number of nitrogens with one attached hydrogen (secondary N) is 1. The van der Waals surface area contributed by atoms with Gasteiger partial charge in [-0.3, -0.25) is 4.79 Å². The molecular formula is C11H18N4O3S. The van der Waals surface area contributed by atoms with Crippen LogP contribution in [0.5, 0.6) is 0 Å². The van der Waals surface area contributed by atoms with Gasteiger partial charge in [0, 0.05) is 25.8 Å². The molecule has 1 aromatic rings. The molecule has 0 aromatic carbocycles. The van der Waals surface area contributed by atoms with Crippen molar-refractivity contribution in [3.63, 3.8) is 0 Å². The molecule has 1 aliphatic carbocycles. The molecule has 0 saturated heterocycles. The third kappa shape index (κ3) is 2.96. The number of hydrogen-bond acceptors (Lipinski definition) is 4. The zero-order valence-electron chi connectivity index (χ0n) is 10.7. The molecule has 2 rings (SSSR count). The van der Waals surface area contributed by atoms with Gasteiger partial charge in [0.05, 0.1) is 0 Å². The van der Waals surface area contributed by atoms with E-state index in [1.54, 1.807) is 7.05 Å². The molecule has 1 saturated carbocycles. The fraction of sp³-hybridized carbons (Fsp3) is 0.545. The summed E-state index contributed by atoms with van der Waals surface area (Å²) < 4.78 is 28.4. The Hall–Kier alpha value is -1.38. The first-order chi connectivity index (χ1) is 8.85. The molecule has 1 amide bonds. The molecule has 1 fully saturated rings. The SMILES string of the molecule is Cn1cc(S(=O)(=O)NC(CN)C2CC2)cc1C(N)=O. The van der Waals surface area contributed by atoms with Gasteiger partial charge in [-0.15, -0.1) is 0 Å². The van der Waals surface area contributed by atoms with E-state index in [0.717, 1.165) is 12.8 Å². The largest absolute Gasteiger partial charge is 0.364 e. The van der Waals surface area contributed by atoms with Crippen molar-refractivity contribution in [3.8, 4) is 0 Å². The standard InChI is InChI=1S/C11H18N4O3S/c1-15-6-8(4-10(15)11(13)16)19(17,18)14-9(5-12)7-2-3-7/h4,6-7,9,14H,2-3,5,12H2,1H3,(H2,13,16). The van der Waals surface area contributed by atoms with E-state index in [1.807, 2.05) is 0 Å². The zero-order chi connectivity index (χ0) is 14.2. The predicted octanol–water partition coefficient (Wildman–Crippen LogP) is -0.860. The third-order valence-electron chi connectivity index (χ3n) is 3.29. The molecule has 0 bridgehead atoms. The molecule has 1 heterocycles. The van der Waals surface area contributed by atoms with Gasteiger partial charge in [0.15, 0.2) is 0 Å². The van der Waals surface area contributed by atoms with Gasteiger partial charge in [-0.1, -0.05) is 0 Å². The molecule has 1 aliphatic rings. The van der Waals surface area contributed by atoms with Gasteiger partial charge in [-0.05, 0) is 24.8 Å². The van der Waals surface area contributed by atoms with Crippen LogP contribution in [0.15, 0.2) is 17.2 Å². The number of nitrogens with zero attached hydrogens (tertiary/aromatic N) is 1. The number of rotatable bonds is 6. The maximum absolute atomic E-state index is 12.2. The number of primary amides is 1. The van der Waals surface area contributed by atoms with Crippen LogP contribution in [0.4, 0.5) is 0 Å². The lowest BCUT2D eigenvalue weighted by Crippen LogP contribution is -2.41. The molecule has 0 radical (unpaired) electrons. The fourth-order valence-corrected chi connectivity index (χ4v) is 3.42. The van der Waals surface area contributed by atoms with Crippen molar-refractivity contribution < 1.29 is 13.2 Å². The summed E-state index contributed by atoms with van der Waals surface area (Å²) in [4.78, 5) is 11.2. The summed E-state index contributed by atoms with van der Waals surface area (Å²) >= 11 is 0. The second-order valence-electron chi connectivity index (χ2n) is 4.84. The predicted molar refractivity (Wildman–Crippen MR) is 69.8 cm³/mol. The Morgan fingerprint density at radius 3 is 2.63 bits per heavy atom. The summed E-state index contributed by atoms with van der Waals surface area (Å²) in [6.07, 6.45) is 3.35. The first-order valence-corrected chi connectivity index (χ1v) is 7.52. The molecule has 7 nitrogen and oxygen atoms in total. The monoisotopic (exact) mass is 286 g/mol. The minimum absolute atomic E-state index is 0.0305. The van der Waals surface area contributed by atoms with Crippen molar-refractivity contribution in [1.29, 1.82) is 0 Å². The first-order valence-electron chi connectivity index (χ1n) is 6.03. The summed E-state index contributed by atoms with van der Waals surface area (Å²) in [6, 6.07) is 1.02. The molecule has 19 heavy (non-hydrogen) atoms. The van der Waals surface area contributed by atoms with Crippen LogP contribution in [0.1, 0.15) is 23.3 Å². The van der Waals surface area contributed by atoms with Gasteiger partial charge in [0.25, 0.3) is 5.91 Å². The second-order valence-corrected chi connectivity index (χ2v) is 6.55. The van der Waals surface area contributed by atoms with Gasteiger partial charge in [0.2, 0.25) is 10.0 Å². The van der Waals surface area contributed by atoms with Crippen LogP contribution >= 0.6 is 0 Å². The highest BCUT2D eigenvalue weighted by Gasteiger charge is 2.33. The van der Waals surface area contributed by atoms with Crippen molar-refractivity contribution >= 4 is 15.9 Å². The van der Waals surface area contributed by atoms with Gasteiger partial charge in [-0.25, -0.2) is 13.1 Å². The average molecular weight is 286 g/mol. The van der Waals surface area contributed by atoms with Crippen molar-refractivity contribution in [2.75, 3.05) is 6.54 Å². The molecule has 0 spiro atoms. The summed E-state index contributed by atoms with van der Waals surface area (Å²) in [5.74, 6) is -0.347. The molecule has 1 aromatic heterocycles. The highest BCUT2D eigenvalue weighted by atomic mass is 32.2. The Labute approximate surface area is 112 Å². The van der Waals surface area contributed by atoms with E-state index in [2.05, 4.69) is 4.72 Å². The van der Waals surface area contributed by atoms with E-state index in [4.69, 9.17) is 11.5 Å². The maximum Gasteiger partial charge on any atom is 0.265 e. The van der Waals surface area contributed by atoms with E-state index in [0.29, 0.717) is 5.92 Å². The Balaban J connectivity index is 2.23. The van der Waals surface area contributed by atoms with Crippen molar-refractivity contribution in [1.82, 2.24) is 9.29 Å². The minimum atomic E-state index is -3.67. The summed E-state index contributed by atoms with van der Waals surface area (Å²) in [7, 11) is -2.10. The quantitative estimate of drug-likeness (QED) is 0.630. The normalized spacial score (nSPS) is 17.4. The summed E-state index contributed by atoms with van der Waals surface area (Å²) in [6.45, 7) is 0.263. The third-order valence-corrected chi connectivity index (χ3v) is 4.75. The smallest absolute Gasteiger partial charge is 0.265 e. The van der Waals surface area contributed by atoms with Crippen LogP contribution in [0.2, 0.25) is 0 Å². The molecule has 0 aliphatic heterocycles. The number of sulfonamides is 1. The maximum atomic E-state index is 12.2. The van der Waals surface area contributed by atoms with Crippen LogP contribution < -0.4 is 16.2 Å². The number of nitrogens with two attached hydrogens (primary N) is 2. The molecular weight excluding hydrogens is 268 g/mol. The highest BCUT2D eigenvalue weighted by Crippen LogP contribution is 2.32. The van der Waals surface area contributed by atoms with E-state index in [9.17, 15) is 13.2 Å². The van der Waals surface area contributed by atoms with E-state index in [1.165, 1.54) is 16.8 Å². The van der Waals surface area contributed by atoms with Gasteiger partial charge < -0.3 is 16.0 Å².